The van der Waals surface area contributed by atoms with Crippen molar-refractivity contribution in [2.75, 3.05) is 13.1 Å². The van der Waals surface area contributed by atoms with Crippen molar-refractivity contribution < 1.29 is 19.5 Å². The van der Waals surface area contributed by atoms with Crippen LogP contribution in [0.2, 0.25) is 0 Å². The third kappa shape index (κ3) is 2.26. The van der Waals surface area contributed by atoms with Gasteiger partial charge in [0.25, 0.3) is 0 Å². The van der Waals surface area contributed by atoms with Crippen molar-refractivity contribution in [2.24, 2.45) is 0 Å². The van der Waals surface area contributed by atoms with Crippen LogP contribution in [0.4, 0.5) is 0 Å². The number of likely N-dealkylation sites (tertiary alicyclic amines) is 1. The summed E-state index contributed by atoms with van der Waals surface area (Å²) < 4.78 is 0. The smallest absolute Gasteiger partial charge is 0.331 e. The Balaban J connectivity index is 2.82. The largest absolute Gasteiger partial charge is 0.479 e. The molecule has 0 saturated carbocycles. The maximum atomic E-state index is 11.1. The predicted molar refractivity (Wildman–Crippen MR) is 51.1 cm³/mol. The van der Waals surface area contributed by atoms with E-state index in [1.165, 1.54) is 18.7 Å². The molecule has 0 radical (unpaired) electrons. The topological polar surface area (TPSA) is 86.7 Å². The molecule has 0 aromatic heterocycles. The number of aliphatic carboxylic acids is 1. The molecule has 15 heavy (non-hydrogen) atoms. The molecule has 1 heterocycles. The number of carboxylic acid groups (broad SMARTS) is 1. The van der Waals surface area contributed by atoms with Crippen LogP contribution in [0.25, 0.3) is 0 Å². The normalized spacial score (nSPS) is 25.1. The maximum Gasteiger partial charge on any atom is 0.331 e. The van der Waals surface area contributed by atoms with Crippen LogP contribution >= 0.6 is 0 Å². The first kappa shape index (κ1) is 11.5. The van der Waals surface area contributed by atoms with Gasteiger partial charge in [-0.15, -0.1) is 0 Å². The van der Waals surface area contributed by atoms with E-state index in [1.54, 1.807) is 0 Å². The van der Waals surface area contributed by atoms with Gasteiger partial charge in [0.2, 0.25) is 11.8 Å². The van der Waals surface area contributed by atoms with Crippen LogP contribution in [0.3, 0.4) is 0 Å². The molecular weight excluding hydrogens is 200 g/mol. The van der Waals surface area contributed by atoms with Crippen molar-refractivity contribution in [3.8, 4) is 0 Å². The zero-order chi connectivity index (χ0) is 11.6. The molecule has 0 aromatic carbocycles. The Morgan fingerprint density at radius 2 is 1.93 bits per heavy atom. The molecule has 1 atom stereocenters. The predicted octanol–water partition coefficient (Wildman–Crippen LogP) is -0.802. The van der Waals surface area contributed by atoms with Gasteiger partial charge in [-0.1, -0.05) is 0 Å². The first-order chi connectivity index (χ1) is 6.87. The number of nitrogens with zero attached hydrogens (tertiary/aromatic N) is 1. The monoisotopic (exact) mass is 214 g/mol. The lowest BCUT2D eigenvalue weighted by molar-refractivity contribution is -0.147. The van der Waals surface area contributed by atoms with Gasteiger partial charge in [0.15, 0.2) is 5.54 Å². The Kier molecular flexibility index (Phi) is 2.97. The number of amides is 2. The highest BCUT2D eigenvalue weighted by Crippen LogP contribution is 2.21. The first-order valence-corrected chi connectivity index (χ1v) is 4.65. The molecule has 6 heteroatoms. The fourth-order valence-corrected chi connectivity index (χ4v) is 1.75. The van der Waals surface area contributed by atoms with Gasteiger partial charge < -0.3 is 15.3 Å². The summed E-state index contributed by atoms with van der Waals surface area (Å²) in [5, 5.41) is 11.5. The van der Waals surface area contributed by atoms with E-state index in [4.69, 9.17) is 5.11 Å². The Morgan fingerprint density at radius 3 is 2.27 bits per heavy atom. The lowest BCUT2D eigenvalue weighted by Crippen LogP contribution is -2.56. The number of hydrogen-bond acceptors (Lipinski definition) is 3. The van der Waals surface area contributed by atoms with Crippen molar-refractivity contribution in [1.82, 2.24) is 10.2 Å². The summed E-state index contributed by atoms with van der Waals surface area (Å²) in [6.07, 6.45) is 0.251. The second-order valence-corrected chi connectivity index (χ2v) is 3.76. The average molecular weight is 214 g/mol. The lowest BCUT2D eigenvalue weighted by Gasteiger charge is -2.24. The second kappa shape index (κ2) is 3.88. The third-order valence-corrected chi connectivity index (χ3v) is 2.54. The highest BCUT2D eigenvalue weighted by atomic mass is 16.4. The van der Waals surface area contributed by atoms with E-state index in [0.29, 0.717) is 6.54 Å². The minimum Gasteiger partial charge on any atom is -0.479 e. The van der Waals surface area contributed by atoms with Gasteiger partial charge in [0.05, 0.1) is 6.54 Å². The standard InChI is InChI=1S/C9H14N2O4/c1-6(12)10-9(8(14)15)3-4-11(5-9)7(2)13/h3-5H2,1-2H3,(H,10,12)(H,14,15). The second-order valence-electron chi connectivity index (χ2n) is 3.76. The van der Waals surface area contributed by atoms with Gasteiger partial charge >= 0.3 is 5.97 Å². The number of carbonyl (C=O) groups is 3. The summed E-state index contributed by atoms with van der Waals surface area (Å²) in [6, 6.07) is 0. The molecule has 2 amide bonds. The summed E-state index contributed by atoms with van der Waals surface area (Å²) >= 11 is 0. The Hall–Kier alpha value is -1.59. The van der Waals surface area contributed by atoms with E-state index in [0.717, 1.165) is 0 Å². The minimum atomic E-state index is -1.31. The van der Waals surface area contributed by atoms with Gasteiger partial charge in [0, 0.05) is 26.8 Å². The number of carbonyl (C=O) groups excluding carboxylic acids is 2. The van der Waals surface area contributed by atoms with E-state index in [1.807, 2.05) is 0 Å². The van der Waals surface area contributed by atoms with Crippen LogP contribution in [0, 0.1) is 0 Å². The van der Waals surface area contributed by atoms with Gasteiger partial charge in [0.1, 0.15) is 0 Å². The molecule has 1 rings (SSSR count). The Labute approximate surface area is 87.2 Å². The van der Waals surface area contributed by atoms with Gasteiger partial charge in [-0.25, -0.2) is 4.79 Å². The number of nitrogens with one attached hydrogen (secondary N) is 1. The van der Waals surface area contributed by atoms with Gasteiger partial charge in [-0.3, -0.25) is 9.59 Å². The molecular formula is C9H14N2O4. The molecule has 6 nitrogen and oxygen atoms in total. The summed E-state index contributed by atoms with van der Waals surface area (Å²) in [5.41, 5.74) is -1.31. The molecule has 2 N–H and O–H groups in total. The van der Waals surface area contributed by atoms with Gasteiger partial charge in [-0.2, -0.15) is 0 Å². The van der Waals surface area contributed by atoms with Crippen molar-refractivity contribution in [3.63, 3.8) is 0 Å². The minimum absolute atomic E-state index is 0.0389. The van der Waals surface area contributed by atoms with Crippen LogP contribution in [-0.2, 0) is 14.4 Å². The molecule has 1 aliphatic heterocycles. The molecule has 0 aromatic rings. The van der Waals surface area contributed by atoms with Gasteiger partial charge in [-0.05, 0) is 0 Å². The summed E-state index contributed by atoms with van der Waals surface area (Å²) in [7, 11) is 0. The van der Waals surface area contributed by atoms with E-state index in [-0.39, 0.29) is 18.9 Å². The summed E-state index contributed by atoms with van der Waals surface area (Å²) in [5.74, 6) is -1.67. The summed E-state index contributed by atoms with van der Waals surface area (Å²) in [6.45, 7) is 3.05. The van der Waals surface area contributed by atoms with Crippen LogP contribution in [0.1, 0.15) is 20.3 Å². The van der Waals surface area contributed by atoms with E-state index in [9.17, 15) is 14.4 Å². The molecule has 1 unspecified atom stereocenters. The van der Waals surface area contributed by atoms with Crippen molar-refractivity contribution >= 4 is 17.8 Å². The molecule has 0 spiro atoms. The van der Waals surface area contributed by atoms with Crippen molar-refractivity contribution in [3.05, 3.63) is 0 Å². The number of hydrogen-bond donors (Lipinski definition) is 2. The maximum absolute atomic E-state index is 11.1. The fourth-order valence-electron chi connectivity index (χ4n) is 1.75. The molecule has 0 aliphatic carbocycles. The average Bonchev–Trinajstić information content (AvgIpc) is 2.48. The van der Waals surface area contributed by atoms with Crippen LogP contribution < -0.4 is 5.32 Å². The third-order valence-electron chi connectivity index (χ3n) is 2.54. The lowest BCUT2D eigenvalue weighted by atomic mass is 9.99. The van der Waals surface area contributed by atoms with Crippen molar-refractivity contribution in [2.45, 2.75) is 25.8 Å². The van der Waals surface area contributed by atoms with Crippen LogP contribution in [0.5, 0.6) is 0 Å². The molecule has 84 valence electrons. The zero-order valence-electron chi connectivity index (χ0n) is 8.74. The molecule has 1 fully saturated rings. The molecule has 1 aliphatic rings. The van der Waals surface area contributed by atoms with Crippen LogP contribution in [-0.4, -0.2) is 46.4 Å². The number of carboxylic acids is 1. The summed E-state index contributed by atoms with van der Waals surface area (Å²) in [4.78, 5) is 34.5. The SMILES string of the molecule is CC(=O)NC1(C(=O)O)CCN(C(C)=O)C1. The fraction of sp³-hybridized carbons (Fsp3) is 0.667. The molecule has 0 bridgehead atoms. The van der Waals surface area contributed by atoms with E-state index >= 15 is 0 Å². The highest BCUT2D eigenvalue weighted by molar-refractivity contribution is 5.88. The van der Waals surface area contributed by atoms with E-state index < -0.39 is 17.4 Å². The highest BCUT2D eigenvalue weighted by Gasteiger charge is 2.46. The van der Waals surface area contributed by atoms with Crippen LogP contribution in [0.15, 0.2) is 0 Å². The Morgan fingerprint density at radius 1 is 1.33 bits per heavy atom. The van der Waals surface area contributed by atoms with E-state index in [2.05, 4.69) is 5.32 Å². The number of rotatable bonds is 2. The molecule has 1 saturated heterocycles. The quantitative estimate of drug-likeness (QED) is 0.630. The van der Waals surface area contributed by atoms with Crippen molar-refractivity contribution in [1.29, 1.82) is 0 Å². The Bertz CT molecular complexity index is 315. The zero-order valence-corrected chi connectivity index (χ0v) is 8.74. The first-order valence-electron chi connectivity index (χ1n) is 4.65.